The lowest BCUT2D eigenvalue weighted by Gasteiger charge is -2.10. The number of fused-ring (bicyclic) bond motifs is 1. The van der Waals surface area contributed by atoms with Crippen molar-refractivity contribution < 1.29 is 19.1 Å². The molecule has 0 unspecified atom stereocenters. The number of aromatic nitrogens is 3. The average molecular weight is 416 g/mol. The van der Waals surface area contributed by atoms with Crippen molar-refractivity contribution in [2.24, 2.45) is 0 Å². The van der Waals surface area contributed by atoms with E-state index in [1.165, 1.54) is 7.11 Å². The molecule has 2 aromatic carbocycles. The molecular weight excluding hydrogens is 396 g/mol. The predicted octanol–water partition coefficient (Wildman–Crippen LogP) is 4.10. The molecule has 0 atom stereocenters. The van der Waals surface area contributed by atoms with Crippen molar-refractivity contribution in [3.8, 4) is 11.3 Å². The monoisotopic (exact) mass is 416 g/mol. The maximum Gasteiger partial charge on any atom is 0.338 e. The van der Waals surface area contributed by atoms with Gasteiger partial charge in [-0.1, -0.05) is 18.2 Å². The van der Waals surface area contributed by atoms with Gasteiger partial charge in [0, 0.05) is 23.6 Å². The van der Waals surface area contributed by atoms with Gasteiger partial charge in [-0.05, 0) is 37.3 Å². The van der Waals surface area contributed by atoms with E-state index in [4.69, 9.17) is 14.5 Å². The lowest BCUT2D eigenvalue weighted by Crippen LogP contribution is -2.05. The highest BCUT2D eigenvalue weighted by atomic mass is 16.5. The summed E-state index contributed by atoms with van der Waals surface area (Å²) in [7, 11) is 1.35. The summed E-state index contributed by atoms with van der Waals surface area (Å²) in [5.74, 6) is -0.0868. The predicted molar refractivity (Wildman–Crippen MR) is 115 cm³/mol. The van der Waals surface area contributed by atoms with Crippen molar-refractivity contribution in [1.29, 1.82) is 0 Å². The van der Waals surface area contributed by atoms with Crippen LogP contribution in [0.15, 0.2) is 67.1 Å². The van der Waals surface area contributed by atoms with Crippen LogP contribution in [0.2, 0.25) is 0 Å². The largest absolute Gasteiger partial charge is 0.465 e. The van der Waals surface area contributed by atoms with Gasteiger partial charge in [-0.25, -0.2) is 14.6 Å². The number of hydrogen-bond donors (Lipinski definition) is 1. The first-order valence-corrected chi connectivity index (χ1v) is 9.65. The third-order valence-corrected chi connectivity index (χ3v) is 4.65. The van der Waals surface area contributed by atoms with Crippen molar-refractivity contribution in [2.45, 2.75) is 6.92 Å². The highest BCUT2D eigenvalue weighted by Gasteiger charge is 2.16. The third-order valence-electron chi connectivity index (χ3n) is 4.65. The first kappa shape index (κ1) is 20.1. The fourth-order valence-electron chi connectivity index (χ4n) is 3.18. The number of imidazole rings is 1. The van der Waals surface area contributed by atoms with E-state index >= 15 is 0 Å². The zero-order chi connectivity index (χ0) is 21.8. The fraction of sp³-hybridized carbons (Fsp3) is 0.130. The molecule has 0 saturated heterocycles. The van der Waals surface area contributed by atoms with Crippen LogP contribution in [-0.2, 0) is 9.47 Å². The van der Waals surface area contributed by atoms with Gasteiger partial charge >= 0.3 is 11.9 Å². The zero-order valence-corrected chi connectivity index (χ0v) is 17.0. The number of anilines is 2. The first-order chi connectivity index (χ1) is 15.1. The van der Waals surface area contributed by atoms with Gasteiger partial charge in [0.1, 0.15) is 11.5 Å². The van der Waals surface area contributed by atoms with E-state index in [-0.39, 0.29) is 5.97 Å². The molecule has 4 aromatic rings. The van der Waals surface area contributed by atoms with E-state index in [0.717, 1.165) is 5.56 Å². The molecule has 0 aliphatic heterocycles. The number of benzene rings is 2. The van der Waals surface area contributed by atoms with Crippen LogP contribution in [0.25, 0.3) is 16.9 Å². The number of carbonyl (C=O) groups is 2. The minimum absolute atomic E-state index is 0.308. The molecule has 156 valence electrons. The molecule has 0 radical (unpaired) electrons. The molecule has 2 heterocycles. The van der Waals surface area contributed by atoms with E-state index in [2.05, 4.69) is 10.3 Å². The minimum atomic E-state index is -0.403. The number of rotatable bonds is 6. The normalized spacial score (nSPS) is 10.6. The Labute approximate surface area is 178 Å². The zero-order valence-electron chi connectivity index (χ0n) is 17.0. The summed E-state index contributed by atoms with van der Waals surface area (Å²) < 4.78 is 11.7. The average Bonchev–Trinajstić information content (AvgIpc) is 3.17. The van der Waals surface area contributed by atoms with Crippen molar-refractivity contribution >= 4 is 29.1 Å². The van der Waals surface area contributed by atoms with Crippen molar-refractivity contribution in [3.63, 3.8) is 0 Å². The van der Waals surface area contributed by atoms with Crippen LogP contribution < -0.4 is 5.32 Å². The molecule has 0 bridgehead atoms. The van der Waals surface area contributed by atoms with Crippen LogP contribution in [-0.4, -0.2) is 40.0 Å². The van der Waals surface area contributed by atoms with Crippen LogP contribution in [0.5, 0.6) is 0 Å². The summed E-state index contributed by atoms with van der Waals surface area (Å²) in [6.07, 6.45) is 5.12. The molecule has 0 aliphatic carbocycles. The highest BCUT2D eigenvalue weighted by Crippen LogP contribution is 2.31. The second-order valence-corrected chi connectivity index (χ2v) is 6.61. The smallest absolute Gasteiger partial charge is 0.338 e. The van der Waals surface area contributed by atoms with E-state index < -0.39 is 5.97 Å². The Balaban J connectivity index is 1.75. The topological polar surface area (TPSA) is 94.8 Å². The van der Waals surface area contributed by atoms with E-state index in [1.54, 1.807) is 55.8 Å². The molecule has 4 rings (SSSR count). The molecule has 31 heavy (non-hydrogen) atoms. The molecule has 1 N–H and O–H groups in total. The summed E-state index contributed by atoms with van der Waals surface area (Å²) in [4.78, 5) is 32.7. The Morgan fingerprint density at radius 3 is 2.61 bits per heavy atom. The first-order valence-electron chi connectivity index (χ1n) is 9.65. The number of nitrogens with zero attached hydrogens (tertiary/aromatic N) is 3. The van der Waals surface area contributed by atoms with Crippen LogP contribution in [0.3, 0.4) is 0 Å². The molecule has 0 spiro atoms. The molecule has 8 nitrogen and oxygen atoms in total. The second-order valence-electron chi connectivity index (χ2n) is 6.61. The Kier molecular flexibility index (Phi) is 5.61. The lowest BCUT2D eigenvalue weighted by atomic mass is 10.1. The Morgan fingerprint density at radius 1 is 1.06 bits per heavy atom. The lowest BCUT2D eigenvalue weighted by molar-refractivity contribution is 0.0525. The van der Waals surface area contributed by atoms with Crippen LogP contribution in [0, 0.1) is 0 Å². The van der Waals surface area contributed by atoms with Crippen LogP contribution in [0.4, 0.5) is 11.5 Å². The molecular formula is C23H20N4O4. The summed E-state index contributed by atoms with van der Waals surface area (Å²) in [6.45, 7) is 2.08. The molecule has 8 heteroatoms. The summed E-state index contributed by atoms with van der Waals surface area (Å²) in [5.41, 5.74) is 3.74. The molecule has 2 aromatic heterocycles. The van der Waals surface area contributed by atoms with Gasteiger partial charge in [-0.3, -0.25) is 9.38 Å². The number of nitrogens with one attached hydrogen (secondary N) is 1. The van der Waals surface area contributed by atoms with Crippen molar-refractivity contribution in [2.75, 3.05) is 19.0 Å². The standard InChI is InChI=1S/C23H20N4O4/c1-3-31-23(29)17-5-4-6-18(13-17)25-21-20(26-19-14-24-11-12-27(19)21)15-7-9-16(10-8-15)22(28)30-2/h4-14,25H,3H2,1-2H3. The van der Waals surface area contributed by atoms with Gasteiger partial charge in [-0.2, -0.15) is 0 Å². The van der Waals surface area contributed by atoms with Gasteiger partial charge in [0.2, 0.25) is 0 Å². The van der Waals surface area contributed by atoms with Crippen molar-refractivity contribution in [3.05, 3.63) is 78.2 Å². The van der Waals surface area contributed by atoms with Crippen molar-refractivity contribution in [1.82, 2.24) is 14.4 Å². The van der Waals surface area contributed by atoms with E-state index in [0.29, 0.717) is 40.6 Å². The molecule has 0 amide bonds. The van der Waals surface area contributed by atoms with Gasteiger partial charge < -0.3 is 14.8 Å². The van der Waals surface area contributed by atoms with E-state index in [9.17, 15) is 9.59 Å². The number of methoxy groups -OCH3 is 1. The summed E-state index contributed by atoms with van der Waals surface area (Å²) in [6, 6.07) is 14.1. The summed E-state index contributed by atoms with van der Waals surface area (Å²) >= 11 is 0. The maximum absolute atomic E-state index is 12.1. The fourth-order valence-corrected chi connectivity index (χ4v) is 3.18. The molecule has 0 fully saturated rings. The van der Waals surface area contributed by atoms with Gasteiger partial charge in [0.15, 0.2) is 5.65 Å². The highest BCUT2D eigenvalue weighted by molar-refractivity contribution is 5.92. The number of ether oxygens (including phenoxy) is 2. The van der Waals surface area contributed by atoms with E-state index in [1.807, 2.05) is 22.6 Å². The second kappa shape index (κ2) is 8.66. The Bertz CT molecular complexity index is 1250. The number of carbonyl (C=O) groups excluding carboxylic acids is 2. The SMILES string of the molecule is CCOC(=O)c1cccc(Nc2c(-c3ccc(C(=O)OC)cc3)nc3cnccn23)c1. The van der Waals surface area contributed by atoms with Gasteiger partial charge in [0.05, 0.1) is 31.0 Å². The quantitative estimate of drug-likeness (QED) is 0.473. The van der Waals surface area contributed by atoms with Crippen LogP contribution in [0.1, 0.15) is 27.6 Å². The number of hydrogen-bond acceptors (Lipinski definition) is 7. The Morgan fingerprint density at radius 2 is 1.87 bits per heavy atom. The number of esters is 2. The minimum Gasteiger partial charge on any atom is -0.465 e. The Hall–Kier alpha value is -4.20. The molecule has 0 saturated carbocycles. The third kappa shape index (κ3) is 4.09. The van der Waals surface area contributed by atoms with Gasteiger partial charge in [0.25, 0.3) is 0 Å². The van der Waals surface area contributed by atoms with Gasteiger partial charge in [-0.15, -0.1) is 0 Å². The molecule has 0 aliphatic rings. The van der Waals surface area contributed by atoms with Crippen LogP contribution >= 0.6 is 0 Å². The summed E-state index contributed by atoms with van der Waals surface area (Å²) in [5, 5.41) is 3.35. The maximum atomic E-state index is 12.1.